The molecule has 0 heterocycles. The Morgan fingerprint density at radius 1 is 1.47 bits per heavy atom. The van der Waals surface area contributed by atoms with E-state index in [0.29, 0.717) is 17.8 Å². The number of anilines is 1. The van der Waals surface area contributed by atoms with Crippen molar-refractivity contribution in [2.45, 2.75) is 20.3 Å². The molecule has 0 fully saturated rings. The fraction of sp³-hybridized carbons (Fsp3) is 0.364. The lowest BCUT2D eigenvalue weighted by atomic mass is 10.2. The lowest BCUT2D eigenvalue weighted by molar-refractivity contribution is -0.385. The molecule has 0 aliphatic rings. The van der Waals surface area contributed by atoms with Gasteiger partial charge in [0.25, 0.3) is 5.69 Å². The second-order valence-electron chi connectivity index (χ2n) is 3.64. The van der Waals surface area contributed by atoms with Gasteiger partial charge in [0, 0.05) is 23.9 Å². The second kappa shape index (κ2) is 5.83. The molecule has 0 aliphatic carbocycles. The first-order valence-corrected chi connectivity index (χ1v) is 5.34. The van der Waals surface area contributed by atoms with Crippen LogP contribution in [-0.2, 0) is 0 Å². The van der Waals surface area contributed by atoms with Gasteiger partial charge in [0.15, 0.2) is 0 Å². The molecule has 2 N–H and O–H groups in total. The third-order valence-corrected chi connectivity index (χ3v) is 2.19. The van der Waals surface area contributed by atoms with Crippen LogP contribution in [0.1, 0.15) is 18.9 Å². The molecule has 1 aromatic rings. The molecule has 0 saturated heterocycles. The molecule has 0 radical (unpaired) electrons. The smallest absolute Gasteiger partial charge is 0.319 e. The first-order chi connectivity index (χ1) is 8.04. The van der Waals surface area contributed by atoms with Crippen LogP contribution in [0.3, 0.4) is 0 Å². The Balaban J connectivity index is 2.70. The average molecular weight is 237 g/mol. The molecule has 1 rings (SSSR count). The molecular formula is C11H15N3O3. The Kier molecular flexibility index (Phi) is 4.45. The fourth-order valence-electron chi connectivity index (χ4n) is 1.35. The zero-order valence-corrected chi connectivity index (χ0v) is 9.82. The van der Waals surface area contributed by atoms with Crippen molar-refractivity contribution >= 4 is 17.4 Å². The first-order valence-electron chi connectivity index (χ1n) is 5.34. The van der Waals surface area contributed by atoms with E-state index in [1.165, 1.54) is 12.1 Å². The van der Waals surface area contributed by atoms with Crippen molar-refractivity contribution in [1.82, 2.24) is 5.32 Å². The Bertz CT molecular complexity index is 432. The van der Waals surface area contributed by atoms with Gasteiger partial charge in [-0.05, 0) is 25.5 Å². The highest BCUT2D eigenvalue weighted by molar-refractivity contribution is 5.89. The van der Waals surface area contributed by atoms with Gasteiger partial charge in [0.2, 0.25) is 0 Å². The Labute approximate surface area is 99.2 Å². The molecule has 0 aromatic heterocycles. The van der Waals surface area contributed by atoms with Crippen molar-refractivity contribution in [3.63, 3.8) is 0 Å². The minimum Gasteiger partial charge on any atom is -0.338 e. The number of aryl methyl sites for hydroxylation is 1. The quantitative estimate of drug-likeness (QED) is 0.623. The van der Waals surface area contributed by atoms with Crippen LogP contribution in [0.4, 0.5) is 16.2 Å². The van der Waals surface area contributed by atoms with Crippen molar-refractivity contribution in [2.75, 3.05) is 11.9 Å². The Hall–Kier alpha value is -2.11. The fourth-order valence-corrected chi connectivity index (χ4v) is 1.35. The lowest BCUT2D eigenvalue weighted by Gasteiger charge is -2.07. The molecule has 6 heteroatoms. The molecule has 2 amide bonds. The number of rotatable bonds is 4. The molecule has 92 valence electrons. The highest BCUT2D eigenvalue weighted by Crippen LogP contribution is 2.21. The number of urea groups is 1. The monoisotopic (exact) mass is 237 g/mol. The van der Waals surface area contributed by atoms with Gasteiger partial charge in [-0.2, -0.15) is 0 Å². The summed E-state index contributed by atoms with van der Waals surface area (Å²) in [6.45, 7) is 4.18. The van der Waals surface area contributed by atoms with Crippen LogP contribution in [0.15, 0.2) is 18.2 Å². The van der Waals surface area contributed by atoms with E-state index in [1.54, 1.807) is 13.0 Å². The first kappa shape index (κ1) is 13.0. The van der Waals surface area contributed by atoms with Crippen LogP contribution in [-0.4, -0.2) is 17.5 Å². The number of nitrogens with zero attached hydrogens (tertiary/aromatic N) is 1. The largest absolute Gasteiger partial charge is 0.338 e. The van der Waals surface area contributed by atoms with Gasteiger partial charge in [-0.15, -0.1) is 0 Å². The third-order valence-electron chi connectivity index (χ3n) is 2.19. The minimum atomic E-state index is -0.448. The summed E-state index contributed by atoms with van der Waals surface area (Å²) in [7, 11) is 0. The summed E-state index contributed by atoms with van der Waals surface area (Å²) >= 11 is 0. The van der Waals surface area contributed by atoms with Gasteiger partial charge in [0.1, 0.15) is 0 Å². The van der Waals surface area contributed by atoms with Gasteiger partial charge in [-0.1, -0.05) is 6.92 Å². The molecule has 0 saturated carbocycles. The van der Waals surface area contributed by atoms with Gasteiger partial charge < -0.3 is 10.6 Å². The number of benzene rings is 1. The Morgan fingerprint density at radius 3 is 2.71 bits per heavy atom. The second-order valence-corrected chi connectivity index (χ2v) is 3.64. The molecular weight excluding hydrogens is 222 g/mol. The molecule has 0 aliphatic heterocycles. The van der Waals surface area contributed by atoms with Crippen LogP contribution in [0.5, 0.6) is 0 Å². The summed E-state index contributed by atoms with van der Waals surface area (Å²) in [4.78, 5) is 21.5. The summed E-state index contributed by atoms with van der Waals surface area (Å²) in [6.07, 6.45) is 0.854. The van der Waals surface area contributed by atoms with Gasteiger partial charge in [-0.25, -0.2) is 4.79 Å². The van der Waals surface area contributed by atoms with Gasteiger partial charge >= 0.3 is 6.03 Å². The molecule has 0 atom stereocenters. The predicted molar refractivity (Wildman–Crippen MR) is 65.1 cm³/mol. The number of nitro benzene ring substituents is 1. The zero-order valence-electron chi connectivity index (χ0n) is 9.82. The van der Waals surface area contributed by atoms with Crippen molar-refractivity contribution in [2.24, 2.45) is 0 Å². The van der Waals surface area contributed by atoms with E-state index in [4.69, 9.17) is 0 Å². The summed E-state index contributed by atoms with van der Waals surface area (Å²) in [5, 5.41) is 15.9. The SMILES string of the molecule is CCCNC(=O)Nc1ccc([N+](=O)[O-])c(C)c1. The van der Waals surface area contributed by atoms with Crippen molar-refractivity contribution < 1.29 is 9.72 Å². The maximum Gasteiger partial charge on any atom is 0.319 e. The number of hydrogen-bond donors (Lipinski definition) is 2. The highest BCUT2D eigenvalue weighted by Gasteiger charge is 2.10. The summed E-state index contributed by atoms with van der Waals surface area (Å²) in [6, 6.07) is 4.16. The number of carbonyl (C=O) groups is 1. The van der Waals surface area contributed by atoms with E-state index < -0.39 is 4.92 Å². The van der Waals surface area contributed by atoms with Crippen LogP contribution in [0.2, 0.25) is 0 Å². The number of nitrogens with one attached hydrogen (secondary N) is 2. The molecule has 0 bridgehead atoms. The van der Waals surface area contributed by atoms with Gasteiger partial charge in [-0.3, -0.25) is 10.1 Å². The molecule has 0 spiro atoms. The van der Waals surface area contributed by atoms with E-state index in [9.17, 15) is 14.9 Å². The lowest BCUT2D eigenvalue weighted by Crippen LogP contribution is -2.29. The van der Waals surface area contributed by atoms with Crippen molar-refractivity contribution in [3.8, 4) is 0 Å². The molecule has 1 aromatic carbocycles. The standard InChI is InChI=1S/C11H15N3O3/c1-3-6-12-11(15)13-9-4-5-10(14(16)17)8(2)7-9/h4-5,7H,3,6H2,1-2H3,(H2,12,13,15). The maximum absolute atomic E-state index is 11.3. The molecule has 0 unspecified atom stereocenters. The molecule has 6 nitrogen and oxygen atoms in total. The van der Waals surface area contributed by atoms with E-state index >= 15 is 0 Å². The van der Waals surface area contributed by atoms with Crippen molar-refractivity contribution in [3.05, 3.63) is 33.9 Å². The molecule has 17 heavy (non-hydrogen) atoms. The predicted octanol–water partition coefficient (Wildman–Crippen LogP) is 2.43. The number of amides is 2. The number of hydrogen-bond acceptors (Lipinski definition) is 3. The van der Waals surface area contributed by atoms with E-state index in [0.717, 1.165) is 6.42 Å². The topological polar surface area (TPSA) is 84.3 Å². The third kappa shape index (κ3) is 3.75. The van der Waals surface area contributed by atoms with Gasteiger partial charge in [0.05, 0.1) is 4.92 Å². The van der Waals surface area contributed by atoms with Crippen molar-refractivity contribution in [1.29, 1.82) is 0 Å². The highest BCUT2D eigenvalue weighted by atomic mass is 16.6. The van der Waals surface area contributed by atoms with E-state index in [2.05, 4.69) is 10.6 Å². The normalized spacial score (nSPS) is 9.76. The van der Waals surface area contributed by atoms with Crippen LogP contribution in [0.25, 0.3) is 0 Å². The maximum atomic E-state index is 11.3. The van der Waals surface area contributed by atoms with Crippen LogP contribution in [0, 0.1) is 17.0 Å². The number of nitro groups is 1. The summed E-state index contributed by atoms with van der Waals surface area (Å²) < 4.78 is 0. The van der Waals surface area contributed by atoms with E-state index in [1.807, 2.05) is 6.92 Å². The minimum absolute atomic E-state index is 0.0458. The summed E-state index contributed by atoms with van der Waals surface area (Å²) in [5.74, 6) is 0. The van der Waals surface area contributed by atoms with Crippen LogP contribution < -0.4 is 10.6 Å². The van der Waals surface area contributed by atoms with Crippen LogP contribution >= 0.6 is 0 Å². The Morgan fingerprint density at radius 2 is 2.18 bits per heavy atom. The average Bonchev–Trinajstić information content (AvgIpc) is 2.26. The zero-order chi connectivity index (χ0) is 12.8. The summed E-state index contributed by atoms with van der Waals surface area (Å²) in [5.41, 5.74) is 1.11. The van der Waals surface area contributed by atoms with E-state index in [-0.39, 0.29) is 11.7 Å². The number of carbonyl (C=O) groups excluding carboxylic acids is 1.